The smallest absolute Gasteiger partial charge is 0.261 e. The Hall–Kier alpha value is -5.03. The first-order valence-electron chi connectivity index (χ1n) is 13.5. The summed E-state index contributed by atoms with van der Waals surface area (Å²) in [6, 6.07) is 40.5. The zero-order valence-corrected chi connectivity index (χ0v) is 22.3. The first-order valence-corrected chi connectivity index (χ1v) is 13.5. The molecule has 196 valence electrons. The Labute approximate surface area is 233 Å². The molecule has 1 amide bonds. The summed E-state index contributed by atoms with van der Waals surface area (Å²) >= 11 is 0. The van der Waals surface area contributed by atoms with Gasteiger partial charge in [-0.25, -0.2) is 4.98 Å². The monoisotopic (exact) mass is 523 g/mol. The average Bonchev–Trinajstić information content (AvgIpc) is 3.01. The molecule has 0 saturated carbocycles. The molecule has 0 spiro atoms. The lowest BCUT2D eigenvalue weighted by molar-refractivity contribution is 0.0662. The molecule has 0 aliphatic heterocycles. The predicted octanol–water partition coefficient (Wildman–Crippen LogP) is 7.00. The third kappa shape index (κ3) is 5.02. The molecule has 1 atom stereocenters. The van der Waals surface area contributed by atoms with Crippen LogP contribution in [0.3, 0.4) is 0 Å². The van der Waals surface area contributed by atoms with E-state index in [1.54, 1.807) is 4.57 Å². The molecule has 0 bridgehead atoms. The van der Waals surface area contributed by atoms with Gasteiger partial charge in [0.2, 0.25) is 0 Å². The minimum Gasteiger partial charge on any atom is -0.324 e. The summed E-state index contributed by atoms with van der Waals surface area (Å²) in [4.78, 5) is 34.9. The topological polar surface area (TPSA) is 55.2 Å². The highest BCUT2D eigenvalue weighted by atomic mass is 16.2. The maximum Gasteiger partial charge on any atom is 0.261 e. The Bertz CT molecular complexity index is 1860. The minimum atomic E-state index is -0.486. The van der Waals surface area contributed by atoms with Gasteiger partial charge >= 0.3 is 0 Å². The molecule has 0 fully saturated rings. The Morgan fingerprint density at radius 2 is 1.38 bits per heavy atom. The molecule has 0 N–H and O–H groups in total. The van der Waals surface area contributed by atoms with Crippen molar-refractivity contribution in [2.75, 3.05) is 0 Å². The Morgan fingerprint density at radius 3 is 2.12 bits per heavy atom. The second-order valence-electron chi connectivity index (χ2n) is 10.0. The summed E-state index contributed by atoms with van der Waals surface area (Å²) in [5.74, 6) is 0.438. The molecule has 40 heavy (non-hydrogen) atoms. The van der Waals surface area contributed by atoms with Crippen LogP contribution in [0.15, 0.2) is 132 Å². The van der Waals surface area contributed by atoms with Crippen LogP contribution in [0.25, 0.3) is 21.7 Å². The molecule has 0 aliphatic carbocycles. The highest BCUT2D eigenvalue weighted by molar-refractivity contribution is 5.98. The molecule has 0 saturated heterocycles. The predicted molar refractivity (Wildman–Crippen MR) is 160 cm³/mol. The normalized spacial score (nSPS) is 11.9. The Balaban J connectivity index is 1.49. The van der Waals surface area contributed by atoms with Gasteiger partial charge in [-0.15, -0.1) is 0 Å². The summed E-state index contributed by atoms with van der Waals surface area (Å²) in [7, 11) is 0. The summed E-state index contributed by atoms with van der Waals surface area (Å²) in [5, 5.41) is 2.64. The maximum absolute atomic E-state index is 14.2. The van der Waals surface area contributed by atoms with Gasteiger partial charge in [0, 0.05) is 12.1 Å². The molecule has 6 aromatic rings. The minimum absolute atomic E-state index is 0.115. The molecule has 0 aliphatic rings. The van der Waals surface area contributed by atoms with Crippen molar-refractivity contribution in [2.24, 2.45) is 0 Å². The fourth-order valence-electron chi connectivity index (χ4n) is 5.22. The van der Waals surface area contributed by atoms with Crippen LogP contribution in [-0.2, 0) is 13.1 Å². The van der Waals surface area contributed by atoms with E-state index in [-0.39, 0.29) is 11.5 Å². The number of carbonyl (C=O) groups excluding carboxylic acids is 1. The van der Waals surface area contributed by atoms with Crippen molar-refractivity contribution in [1.82, 2.24) is 14.5 Å². The first-order chi connectivity index (χ1) is 19.6. The molecule has 0 radical (unpaired) electrons. The summed E-state index contributed by atoms with van der Waals surface area (Å²) in [6.07, 6.45) is 0. The van der Waals surface area contributed by atoms with Gasteiger partial charge in [-0.2, -0.15) is 0 Å². The lowest BCUT2D eigenvalue weighted by atomic mass is 10.0. The number of hydrogen-bond donors (Lipinski definition) is 0. The van der Waals surface area contributed by atoms with E-state index in [2.05, 4.69) is 0 Å². The van der Waals surface area contributed by atoms with Crippen molar-refractivity contribution in [1.29, 1.82) is 0 Å². The molecular weight excluding hydrogens is 494 g/mol. The van der Waals surface area contributed by atoms with Crippen LogP contribution in [0, 0.1) is 0 Å². The molecular formula is C35H29N3O2. The number of amides is 1. The fraction of sp³-hybridized carbons (Fsp3) is 0.114. The zero-order chi connectivity index (χ0) is 27.5. The van der Waals surface area contributed by atoms with Crippen molar-refractivity contribution in [3.63, 3.8) is 0 Å². The van der Waals surface area contributed by atoms with Gasteiger partial charge in [0.1, 0.15) is 5.82 Å². The van der Waals surface area contributed by atoms with E-state index in [1.165, 1.54) is 0 Å². The molecule has 1 aromatic heterocycles. The van der Waals surface area contributed by atoms with Crippen LogP contribution < -0.4 is 5.56 Å². The third-order valence-electron chi connectivity index (χ3n) is 7.37. The van der Waals surface area contributed by atoms with E-state index in [1.807, 2.05) is 139 Å². The van der Waals surface area contributed by atoms with Gasteiger partial charge in [-0.05, 0) is 53.1 Å². The van der Waals surface area contributed by atoms with E-state index in [4.69, 9.17) is 4.98 Å². The third-order valence-corrected chi connectivity index (χ3v) is 7.37. The Kier molecular flexibility index (Phi) is 6.94. The molecule has 1 heterocycles. The second-order valence-corrected chi connectivity index (χ2v) is 10.0. The van der Waals surface area contributed by atoms with E-state index < -0.39 is 6.04 Å². The van der Waals surface area contributed by atoms with Gasteiger partial charge in [-0.3, -0.25) is 14.2 Å². The van der Waals surface area contributed by atoms with Gasteiger partial charge < -0.3 is 4.90 Å². The van der Waals surface area contributed by atoms with Crippen molar-refractivity contribution in [3.8, 4) is 0 Å². The van der Waals surface area contributed by atoms with Crippen molar-refractivity contribution >= 4 is 27.6 Å². The summed E-state index contributed by atoms with van der Waals surface area (Å²) in [5.41, 5.74) is 3.09. The number of fused-ring (bicyclic) bond motifs is 2. The van der Waals surface area contributed by atoms with E-state index >= 15 is 0 Å². The van der Waals surface area contributed by atoms with Crippen LogP contribution in [0.5, 0.6) is 0 Å². The number of nitrogens with zero attached hydrogens (tertiary/aromatic N) is 3. The van der Waals surface area contributed by atoms with E-state index in [0.29, 0.717) is 35.4 Å². The lowest BCUT2D eigenvalue weighted by Gasteiger charge is -2.31. The molecule has 5 nitrogen and oxygen atoms in total. The average molecular weight is 524 g/mol. The van der Waals surface area contributed by atoms with Gasteiger partial charge in [0.05, 0.1) is 23.5 Å². The van der Waals surface area contributed by atoms with E-state index in [9.17, 15) is 9.59 Å². The maximum atomic E-state index is 14.2. The first kappa shape index (κ1) is 25.3. The highest BCUT2D eigenvalue weighted by Crippen LogP contribution is 2.26. The zero-order valence-electron chi connectivity index (χ0n) is 22.3. The van der Waals surface area contributed by atoms with Gasteiger partial charge in [-0.1, -0.05) is 103 Å². The van der Waals surface area contributed by atoms with Crippen molar-refractivity contribution in [2.45, 2.75) is 26.1 Å². The number of rotatable bonds is 7. The van der Waals surface area contributed by atoms with Crippen molar-refractivity contribution in [3.05, 3.63) is 160 Å². The number of para-hydroxylation sites is 1. The molecule has 1 unspecified atom stereocenters. The van der Waals surface area contributed by atoms with Crippen LogP contribution >= 0.6 is 0 Å². The number of carbonyl (C=O) groups is 1. The molecule has 5 aromatic carbocycles. The van der Waals surface area contributed by atoms with Gasteiger partial charge in [0.15, 0.2) is 0 Å². The second kappa shape index (κ2) is 11.0. The number of aromatic nitrogens is 2. The van der Waals surface area contributed by atoms with Crippen LogP contribution in [0.4, 0.5) is 0 Å². The highest BCUT2D eigenvalue weighted by Gasteiger charge is 2.27. The standard InChI is InChI=1S/C35H29N3O2/c1-25(33-36-32-19-11-10-18-31(32)35(40)38(33)24-27-14-6-3-7-15-27)37(23-26-12-4-2-5-13-26)34(39)30-21-20-28-16-8-9-17-29(28)22-30/h2-22,25H,23-24H2,1H3. The molecule has 6 rings (SSSR count). The largest absolute Gasteiger partial charge is 0.324 e. The van der Waals surface area contributed by atoms with Crippen LogP contribution in [0.1, 0.15) is 40.3 Å². The van der Waals surface area contributed by atoms with Gasteiger partial charge in [0.25, 0.3) is 11.5 Å². The number of benzene rings is 5. The fourth-order valence-corrected chi connectivity index (χ4v) is 5.22. The van der Waals surface area contributed by atoms with Crippen LogP contribution in [-0.4, -0.2) is 20.4 Å². The number of hydrogen-bond acceptors (Lipinski definition) is 3. The van der Waals surface area contributed by atoms with Crippen molar-refractivity contribution < 1.29 is 4.79 Å². The quantitative estimate of drug-likeness (QED) is 0.226. The summed E-state index contributed by atoms with van der Waals surface area (Å²) in [6.45, 7) is 2.70. The lowest BCUT2D eigenvalue weighted by Crippen LogP contribution is -2.37. The van der Waals surface area contributed by atoms with E-state index in [0.717, 1.165) is 21.9 Å². The van der Waals surface area contributed by atoms with Crippen LogP contribution in [0.2, 0.25) is 0 Å². The Morgan fingerprint density at radius 1 is 0.750 bits per heavy atom. The summed E-state index contributed by atoms with van der Waals surface area (Å²) < 4.78 is 1.72. The SMILES string of the molecule is CC(c1nc2ccccc2c(=O)n1Cc1ccccc1)N(Cc1ccccc1)C(=O)c1ccc2ccccc2c1. The molecule has 5 heteroatoms.